The fourth-order valence-corrected chi connectivity index (χ4v) is 3.80. The Kier molecular flexibility index (Phi) is 5.66. The summed E-state index contributed by atoms with van der Waals surface area (Å²) < 4.78 is 32.2. The molecular weight excluding hydrogens is 396 g/mol. The van der Waals surface area contributed by atoms with Gasteiger partial charge in [-0.15, -0.1) is 0 Å². The quantitative estimate of drug-likeness (QED) is 0.648. The molecule has 3 aromatic rings. The van der Waals surface area contributed by atoms with Crippen molar-refractivity contribution in [3.05, 3.63) is 59.0 Å². The van der Waals surface area contributed by atoms with Crippen LogP contribution in [0.1, 0.15) is 0 Å². The highest BCUT2D eigenvalue weighted by atomic mass is 32.2. The predicted octanol–water partition coefficient (Wildman–Crippen LogP) is 1.29. The van der Waals surface area contributed by atoms with Gasteiger partial charge in [0, 0.05) is 25.2 Å². The number of sulfonamides is 1. The molecule has 0 unspecified atom stereocenters. The van der Waals surface area contributed by atoms with Crippen molar-refractivity contribution in [3.63, 3.8) is 0 Å². The molecule has 1 heterocycles. The second-order valence-electron chi connectivity index (χ2n) is 6.40. The van der Waals surface area contributed by atoms with Gasteiger partial charge in [0.2, 0.25) is 15.9 Å². The Morgan fingerprint density at radius 2 is 1.93 bits per heavy atom. The first-order valence-electron chi connectivity index (χ1n) is 8.59. The van der Waals surface area contributed by atoms with Crippen LogP contribution >= 0.6 is 0 Å². The van der Waals surface area contributed by atoms with Crippen LogP contribution < -0.4 is 15.6 Å². The van der Waals surface area contributed by atoms with Gasteiger partial charge in [0.25, 0.3) is 5.56 Å². The SMILES string of the molecule is COc1ccc(NC(=O)Cn2ncc3ccccc3c2=O)cc1S(=O)(=O)N(C)C. The lowest BCUT2D eigenvalue weighted by atomic mass is 10.2. The molecule has 0 saturated heterocycles. The first-order valence-corrected chi connectivity index (χ1v) is 10.0. The average Bonchev–Trinajstić information content (AvgIpc) is 2.70. The standard InChI is InChI=1S/C19H20N4O5S/c1-22(2)29(26,27)17-10-14(8-9-16(17)28-3)21-18(24)12-23-19(25)15-7-5-4-6-13(15)11-20-23/h4-11H,12H2,1-3H3,(H,21,24). The molecular formula is C19H20N4O5S. The van der Waals surface area contributed by atoms with E-state index in [9.17, 15) is 18.0 Å². The van der Waals surface area contributed by atoms with Crippen molar-refractivity contribution in [1.82, 2.24) is 14.1 Å². The van der Waals surface area contributed by atoms with Crippen LogP contribution in [0.2, 0.25) is 0 Å². The number of fused-ring (bicyclic) bond motifs is 1. The Labute approximate surface area is 167 Å². The molecule has 0 saturated carbocycles. The van der Waals surface area contributed by atoms with Crippen LogP contribution in [0, 0.1) is 0 Å². The van der Waals surface area contributed by atoms with Gasteiger partial charge in [0.05, 0.1) is 18.7 Å². The van der Waals surface area contributed by atoms with Crippen molar-refractivity contribution >= 4 is 32.4 Å². The number of nitrogens with one attached hydrogen (secondary N) is 1. The zero-order valence-corrected chi connectivity index (χ0v) is 16.9. The van der Waals surface area contributed by atoms with Crippen LogP contribution in [0.3, 0.4) is 0 Å². The number of carbonyl (C=O) groups excluding carboxylic acids is 1. The zero-order valence-electron chi connectivity index (χ0n) is 16.1. The first kappa shape index (κ1) is 20.5. The van der Waals surface area contributed by atoms with Gasteiger partial charge in [0.15, 0.2) is 0 Å². The summed E-state index contributed by atoms with van der Waals surface area (Å²) in [6.07, 6.45) is 1.51. The van der Waals surface area contributed by atoms with Crippen LogP contribution in [-0.2, 0) is 21.4 Å². The van der Waals surface area contributed by atoms with Crippen LogP contribution in [-0.4, -0.2) is 49.6 Å². The molecule has 0 spiro atoms. The minimum absolute atomic E-state index is 0.0798. The summed E-state index contributed by atoms with van der Waals surface area (Å²) in [5, 5.41) is 7.75. The van der Waals surface area contributed by atoms with Crippen molar-refractivity contribution in [2.75, 3.05) is 26.5 Å². The number of rotatable bonds is 6. The Hall–Kier alpha value is -3.24. The summed E-state index contributed by atoms with van der Waals surface area (Å²) in [5.74, 6) is -0.364. The summed E-state index contributed by atoms with van der Waals surface area (Å²) in [6, 6.07) is 11.2. The molecule has 0 bridgehead atoms. The molecule has 1 amide bonds. The molecule has 29 heavy (non-hydrogen) atoms. The van der Waals surface area contributed by atoms with Crippen LogP contribution in [0.15, 0.2) is 58.4 Å². The predicted molar refractivity (Wildman–Crippen MR) is 108 cm³/mol. The average molecular weight is 416 g/mol. The normalized spacial score (nSPS) is 11.6. The number of carbonyl (C=O) groups is 1. The molecule has 0 aliphatic rings. The maximum atomic E-state index is 12.5. The first-order chi connectivity index (χ1) is 13.7. The van der Waals surface area contributed by atoms with E-state index in [0.29, 0.717) is 10.8 Å². The molecule has 3 rings (SSSR count). The largest absolute Gasteiger partial charge is 0.495 e. The molecule has 0 fully saturated rings. The number of nitrogens with zero attached hydrogens (tertiary/aromatic N) is 3. The third-order valence-electron chi connectivity index (χ3n) is 4.26. The van der Waals surface area contributed by atoms with E-state index in [-0.39, 0.29) is 28.4 Å². The van der Waals surface area contributed by atoms with Crippen molar-refractivity contribution in [1.29, 1.82) is 0 Å². The lowest BCUT2D eigenvalue weighted by Crippen LogP contribution is -2.29. The van der Waals surface area contributed by atoms with E-state index in [1.165, 1.54) is 45.6 Å². The van der Waals surface area contributed by atoms with Gasteiger partial charge in [-0.05, 0) is 24.3 Å². The Morgan fingerprint density at radius 1 is 1.21 bits per heavy atom. The molecule has 10 heteroatoms. The Balaban J connectivity index is 1.86. The second-order valence-corrected chi connectivity index (χ2v) is 8.52. The van der Waals surface area contributed by atoms with Crippen LogP contribution in [0.25, 0.3) is 10.8 Å². The number of hydrogen-bond donors (Lipinski definition) is 1. The van der Waals surface area contributed by atoms with Gasteiger partial charge in [-0.25, -0.2) is 17.4 Å². The van der Waals surface area contributed by atoms with Gasteiger partial charge >= 0.3 is 0 Å². The van der Waals surface area contributed by atoms with Crippen LogP contribution in [0.4, 0.5) is 5.69 Å². The van der Waals surface area contributed by atoms with E-state index in [2.05, 4.69) is 10.4 Å². The fourth-order valence-electron chi connectivity index (χ4n) is 2.73. The van der Waals surface area contributed by atoms with Gasteiger partial charge < -0.3 is 10.1 Å². The van der Waals surface area contributed by atoms with Gasteiger partial charge in [-0.2, -0.15) is 5.10 Å². The highest BCUT2D eigenvalue weighted by Crippen LogP contribution is 2.28. The fraction of sp³-hybridized carbons (Fsp3) is 0.211. The lowest BCUT2D eigenvalue weighted by molar-refractivity contribution is -0.117. The minimum Gasteiger partial charge on any atom is -0.495 e. The van der Waals surface area contributed by atoms with E-state index >= 15 is 0 Å². The molecule has 2 aromatic carbocycles. The molecule has 0 aliphatic heterocycles. The second kappa shape index (κ2) is 8.02. The van der Waals surface area contributed by atoms with E-state index in [1.54, 1.807) is 24.3 Å². The molecule has 1 N–H and O–H groups in total. The minimum atomic E-state index is -3.78. The smallest absolute Gasteiger partial charge is 0.275 e. The molecule has 0 aliphatic carbocycles. The van der Waals surface area contributed by atoms with Crippen molar-refractivity contribution in [3.8, 4) is 5.75 Å². The summed E-state index contributed by atoms with van der Waals surface area (Å²) >= 11 is 0. The van der Waals surface area contributed by atoms with Gasteiger partial charge in [0.1, 0.15) is 17.2 Å². The van der Waals surface area contributed by atoms with Crippen molar-refractivity contribution in [2.45, 2.75) is 11.4 Å². The van der Waals surface area contributed by atoms with Gasteiger partial charge in [-0.1, -0.05) is 18.2 Å². The monoisotopic (exact) mass is 416 g/mol. The number of ether oxygens (including phenoxy) is 1. The lowest BCUT2D eigenvalue weighted by Gasteiger charge is -2.16. The van der Waals surface area contributed by atoms with Gasteiger partial charge in [-0.3, -0.25) is 9.59 Å². The number of amides is 1. The summed E-state index contributed by atoms with van der Waals surface area (Å²) in [7, 11) is 0.384. The number of aromatic nitrogens is 2. The third-order valence-corrected chi connectivity index (χ3v) is 6.10. The highest BCUT2D eigenvalue weighted by molar-refractivity contribution is 7.89. The van der Waals surface area contributed by atoms with E-state index in [4.69, 9.17) is 4.74 Å². The zero-order chi connectivity index (χ0) is 21.2. The van der Waals surface area contributed by atoms with Crippen LogP contribution in [0.5, 0.6) is 5.75 Å². The molecule has 0 radical (unpaired) electrons. The maximum Gasteiger partial charge on any atom is 0.275 e. The number of benzene rings is 2. The molecule has 152 valence electrons. The summed E-state index contributed by atoms with van der Waals surface area (Å²) in [4.78, 5) is 24.8. The Morgan fingerprint density at radius 3 is 2.62 bits per heavy atom. The number of methoxy groups -OCH3 is 1. The topological polar surface area (TPSA) is 111 Å². The summed E-state index contributed by atoms with van der Waals surface area (Å²) in [6.45, 7) is -0.314. The van der Waals surface area contributed by atoms with Crippen molar-refractivity contribution < 1.29 is 17.9 Å². The molecule has 1 aromatic heterocycles. The molecule has 9 nitrogen and oxygen atoms in total. The van der Waals surface area contributed by atoms with Crippen molar-refractivity contribution in [2.24, 2.45) is 0 Å². The number of hydrogen-bond acceptors (Lipinski definition) is 6. The van der Waals surface area contributed by atoms with E-state index < -0.39 is 15.9 Å². The Bertz CT molecular complexity index is 1230. The summed E-state index contributed by atoms with van der Waals surface area (Å²) in [5.41, 5.74) is -0.131. The van der Waals surface area contributed by atoms with E-state index in [1.807, 2.05) is 0 Å². The number of anilines is 1. The molecule has 0 atom stereocenters. The van der Waals surface area contributed by atoms with E-state index in [0.717, 1.165) is 8.99 Å². The highest BCUT2D eigenvalue weighted by Gasteiger charge is 2.23. The third kappa shape index (κ3) is 4.13. The maximum absolute atomic E-state index is 12.5.